The molecule has 0 aliphatic heterocycles. The highest BCUT2D eigenvalue weighted by Gasteiger charge is 2.21. The van der Waals surface area contributed by atoms with Crippen LogP contribution in [0.4, 0.5) is 4.79 Å². The summed E-state index contributed by atoms with van der Waals surface area (Å²) in [5.74, 6) is 0. The van der Waals surface area contributed by atoms with Gasteiger partial charge in [-0.3, -0.25) is 4.98 Å². The molecule has 0 spiro atoms. The predicted octanol–water partition coefficient (Wildman–Crippen LogP) is 3.62. The average molecular weight is 332 g/mol. The van der Waals surface area contributed by atoms with Gasteiger partial charge in [0, 0.05) is 18.1 Å². The van der Waals surface area contributed by atoms with Crippen molar-refractivity contribution in [3.05, 3.63) is 45.2 Å². The summed E-state index contributed by atoms with van der Waals surface area (Å²) < 4.78 is 0. The van der Waals surface area contributed by atoms with Crippen LogP contribution in [0.2, 0.25) is 0 Å². The summed E-state index contributed by atoms with van der Waals surface area (Å²) in [4.78, 5) is 24.1. The molecule has 2 aromatic heterocycles. The number of carbonyl (C=O) groups excluding carboxylic acids is 1. The Morgan fingerprint density at radius 1 is 1.43 bits per heavy atom. The molecular weight excluding hydrogens is 308 g/mol. The topological polar surface area (TPSA) is 58.1 Å². The van der Waals surface area contributed by atoms with Crippen LogP contribution < -0.4 is 5.32 Å². The van der Waals surface area contributed by atoms with E-state index in [4.69, 9.17) is 0 Å². The summed E-state index contributed by atoms with van der Waals surface area (Å²) in [5.41, 5.74) is 2.98. The summed E-state index contributed by atoms with van der Waals surface area (Å²) in [7, 11) is 1.82. The van der Waals surface area contributed by atoms with Gasteiger partial charge in [0.15, 0.2) is 0 Å². The Balaban J connectivity index is 2.01. The third-order valence-corrected chi connectivity index (χ3v) is 5.46. The summed E-state index contributed by atoms with van der Waals surface area (Å²) in [5, 5.41) is 4.05. The fraction of sp³-hybridized carbons (Fsp3) is 0.471. The number of thiazole rings is 1. The van der Waals surface area contributed by atoms with Gasteiger partial charge in [0.2, 0.25) is 0 Å². The number of urea groups is 1. The maximum absolute atomic E-state index is 12.4. The number of aryl methyl sites for hydroxylation is 3. The number of hydrogen-bond acceptors (Lipinski definition) is 4. The van der Waals surface area contributed by atoms with Gasteiger partial charge in [0.1, 0.15) is 0 Å². The molecule has 0 saturated carbocycles. The largest absolute Gasteiger partial charge is 0.332 e. The van der Waals surface area contributed by atoms with Crippen LogP contribution in [0.3, 0.4) is 0 Å². The summed E-state index contributed by atoms with van der Waals surface area (Å²) in [6.07, 6.45) is 2.67. The summed E-state index contributed by atoms with van der Waals surface area (Å²) in [6, 6.07) is 3.78. The van der Waals surface area contributed by atoms with Gasteiger partial charge in [-0.1, -0.05) is 13.0 Å². The first kappa shape index (κ1) is 17.4. The Kier molecular flexibility index (Phi) is 5.71. The highest BCUT2D eigenvalue weighted by Crippen LogP contribution is 2.28. The highest BCUT2D eigenvalue weighted by atomic mass is 32.1. The fourth-order valence-electron chi connectivity index (χ4n) is 2.34. The average Bonchev–Trinajstić information content (AvgIpc) is 2.93. The van der Waals surface area contributed by atoms with E-state index in [0.717, 1.165) is 33.3 Å². The first-order valence-corrected chi connectivity index (χ1v) is 8.63. The fourth-order valence-corrected chi connectivity index (χ4v) is 3.45. The molecule has 0 aliphatic carbocycles. The number of pyridine rings is 1. The van der Waals surface area contributed by atoms with Crippen molar-refractivity contribution >= 4 is 17.4 Å². The van der Waals surface area contributed by atoms with E-state index < -0.39 is 0 Å². The lowest BCUT2D eigenvalue weighted by Crippen LogP contribution is -2.38. The van der Waals surface area contributed by atoms with Crippen molar-refractivity contribution < 1.29 is 4.79 Å². The van der Waals surface area contributed by atoms with E-state index in [0.29, 0.717) is 6.54 Å². The van der Waals surface area contributed by atoms with Crippen molar-refractivity contribution in [2.75, 3.05) is 7.05 Å². The standard InChI is InChI=1S/C17H24N4OS/c1-6-15-20-12(3)16(23-15)13(4)21(5)17(22)19-10-14-11(2)8-7-9-18-14/h7-9,13H,6,10H2,1-5H3,(H,19,22). The van der Waals surface area contributed by atoms with Crippen molar-refractivity contribution in [1.29, 1.82) is 0 Å². The van der Waals surface area contributed by atoms with E-state index >= 15 is 0 Å². The molecule has 2 aromatic rings. The molecule has 0 bridgehead atoms. The molecule has 6 heteroatoms. The van der Waals surface area contributed by atoms with E-state index in [9.17, 15) is 4.79 Å². The van der Waals surface area contributed by atoms with Gasteiger partial charge in [-0.05, 0) is 38.8 Å². The Bertz CT molecular complexity index is 683. The smallest absolute Gasteiger partial charge is 0.317 e. The number of aromatic nitrogens is 2. The molecule has 2 rings (SSSR count). The first-order chi connectivity index (χ1) is 10.9. The summed E-state index contributed by atoms with van der Waals surface area (Å²) in [6.45, 7) is 8.56. The minimum atomic E-state index is -0.103. The third-order valence-electron chi connectivity index (χ3n) is 3.98. The van der Waals surface area contributed by atoms with Crippen molar-refractivity contribution in [1.82, 2.24) is 20.2 Å². The molecule has 1 atom stereocenters. The third kappa shape index (κ3) is 4.07. The van der Waals surface area contributed by atoms with Crippen LogP contribution >= 0.6 is 11.3 Å². The molecule has 0 aliphatic rings. The number of carbonyl (C=O) groups is 1. The Morgan fingerprint density at radius 3 is 2.78 bits per heavy atom. The lowest BCUT2D eigenvalue weighted by atomic mass is 10.2. The number of amides is 2. The molecule has 1 unspecified atom stereocenters. The number of nitrogens with zero attached hydrogens (tertiary/aromatic N) is 3. The zero-order valence-corrected chi connectivity index (χ0v) is 15.2. The lowest BCUT2D eigenvalue weighted by Gasteiger charge is -2.24. The number of rotatable bonds is 5. The molecule has 2 heterocycles. The van der Waals surface area contributed by atoms with Gasteiger partial charge in [-0.25, -0.2) is 9.78 Å². The molecule has 2 amide bonds. The van der Waals surface area contributed by atoms with E-state index in [1.54, 1.807) is 22.4 Å². The van der Waals surface area contributed by atoms with E-state index in [1.807, 2.05) is 40.0 Å². The SMILES string of the molecule is CCc1nc(C)c(C(C)N(C)C(=O)NCc2ncccc2C)s1. The molecule has 1 N–H and O–H groups in total. The van der Waals surface area contributed by atoms with Crippen molar-refractivity contribution in [3.8, 4) is 0 Å². The molecule has 0 radical (unpaired) electrons. The van der Waals surface area contributed by atoms with E-state index in [1.165, 1.54) is 0 Å². The van der Waals surface area contributed by atoms with Gasteiger partial charge in [-0.15, -0.1) is 11.3 Å². The summed E-state index contributed by atoms with van der Waals surface area (Å²) >= 11 is 1.69. The Morgan fingerprint density at radius 2 is 2.17 bits per heavy atom. The maximum Gasteiger partial charge on any atom is 0.317 e. The maximum atomic E-state index is 12.4. The highest BCUT2D eigenvalue weighted by molar-refractivity contribution is 7.11. The van der Waals surface area contributed by atoms with Crippen molar-refractivity contribution in [2.45, 2.75) is 46.7 Å². The van der Waals surface area contributed by atoms with Gasteiger partial charge in [0.25, 0.3) is 0 Å². The molecular formula is C17H24N4OS. The molecule has 0 saturated heterocycles. The molecule has 0 aromatic carbocycles. The number of hydrogen-bond donors (Lipinski definition) is 1. The predicted molar refractivity (Wildman–Crippen MR) is 93.6 cm³/mol. The van der Waals surface area contributed by atoms with Crippen LogP contribution in [0.5, 0.6) is 0 Å². The lowest BCUT2D eigenvalue weighted by molar-refractivity contribution is 0.194. The second-order valence-electron chi connectivity index (χ2n) is 5.62. The van der Waals surface area contributed by atoms with Crippen molar-refractivity contribution in [3.63, 3.8) is 0 Å². The van der Waals surface area contributed by atoms with Gasteiger partial charge in [0.05, 0.1) is 29.0 Å². The van der Waals surface area contributed by atoms with Crippen LogP contribution in [0.1, 0.15) is 46.7 Å². The molecule has 5 nitrogen and oxygen atoms in total. The van der Waals surface area contributed by atoms with Crippen LogP contribution in [0.15, 0.2) is 18.3 Å². The quantitative estimate of drug-likeness (QED) is 0.910. The molecule has 23 heavy (non-hydrogen) atoms. The second kappa shape index (κ2) is 7.55. The second-order valence-corrected chi connectivity index (χ2v) is 6.74. The normalized spacial score (nSPS) is 12.0. The van der Waals surface area contributed by atoms with Crippen LogP contribution in [0, 0.1) is 13.8 Å². The Labute approximate surface area is 141 Å². The van der Waals surface area contributed by atoms with Crippen LogP contribution in [-0.2, 0) is 13.0 Å². The van der Waals surface area contributed by atoms with E-state index in [2.05, 4.69) is 22.2 Å². The molecule has 0 fully saturated rings. The van der Waals surface area contributed by atoms with Gasteiger partial charge in [-0.2, -0.15) is 0 Å². The first-order valence-electron chi connectivity index (χ1n) is 7.81. The van der Waals surface area contributed by atoms with Crippen LogP contribution in [0.25, 0.3) is 0 Å². The zero-order valence-electron chi connectivity index (χ0n) is 14.4. The van der Waals surface area contributed by atoms with Gasteiger partial charge >= 0.3 is 6.03 Å². The van der Waals surface area contributed by atoms with Crippen molar-refractivity contribution in [2.24, 2.45) is 0 Å². The van der Waals surface area contributed by atoms with E-state index in [-0.39, 0.29) is 12.1 Å². The van der Waals surface area contributed by atoms with Crippen LogP contribution in [-0.4, -0.2) is 27.9 Å². The Hall–Kier alpha value is -1.95. The zero-order chi connectivity index (χ0) is 17.0. The minimum Gasteiger partial charge on any atom is -0.332 e. The van der Waals surface area contributed by atoms with Gasteiger partial charge < -0.3 is 10.2 Å². The molecule has 124 valence electrons. The number of nitrogens with one attached hydrogen (secondary N) is 1. The minimum absolute atomic E-state index is 0.00219. The monoisotopic (exact) mass is 332 g/mol.